The van der Waals surface area contributed by atoms with Crippen LogP contribution in [0.3, 0.4) is 0 Å². The standard InChI is InChI=1S/C15H19N3O/c1-18(15(19)14-3-2-8-17-10-14)11-13-6-4-12(9-16)5-7-13/h4-7,14,17H,2-3,8,10-11H2,1H3/t14-/m1/s1. The van der Waals surface area contributed by atoms with E-state index in [-0.39, 0.29) is 11.8 Å². The van der Waals surface area contributed by atoms with Crippen molar-refractivity contribution in [2.45, 2.75) is 19.4 Å². The van der Waals surface area contributed by atoms with E-state index in [0.29, 0.717) is 12.1 Å². The summed E-state index contributed by atoms with van der Waals surface area (Å²) in [4.78, 5) is 14.0. The van der Waals surface area contributed by atoms with Gasteiger partial charge in [-0.25, -0.2) is 0 Å². The Kier molecular flexibility index (Phi) is 4.53. The molecule has 1 heterocycles. The summed E-state index contributed by atoms with van der Waals surface area (Å²) >= 11 is 0. The highest BCUT2D eigenvalue weighted by Gasteiger charge is 2.23. The summed E-state index contributed by atoms with van der Waals surface area (Å²) in [5, 5.41) is 12.0. The van der Waals surface area contributed by atoms with Crippen molar-refractivity contribution < 1.29 is 4.79 Å². The average molecular weight is 257 g/mol. The fourth-order valence-electron chi connectivity index (χ4n) is 2.41. The number of hydrogen-bond donors (Lipinski definition) is 1. The Balaban J connectivity index is 1.93. The number of nitrogens with one attached hydrogen (secondary N) is 1. The Hall–Kier alpha value is -1.86. The average Bonchev–Trinajstić information content (AvgIpc) is 2.48. The van der Waals surface area contributed by atoms with Crippen LogP contribution in [0, 0.1) is 17.2 Å². The zero-order valence-corrected chi connectivity index (χ0v) is 11.2. The van der Waals surface area contributed by atoms with E-state index in [2.05, 4.69) is 11.4 Å². The molecule has 1 N–H and O–H groups in total. The molecule has 4 heteroatoms. The maximum Gasteiger partial charge on any atom is 0.227 e. The van der Waals surface area contributed by atoms with Gasteiger partial charge in [0.15, 0.2) is 0 Å². The van der Waals surface area contributed by atoms with E-state index in [1.54, 1.807) is 17.0 Å². The number of piperidine rings is 1. The molecule has 1 aromatic rings. The number of nitrogens with zero attached hydrogens (tertiary/aromatic N) is 2. The summed E-state index contributed by atoms with van der Waals surface area (Å²) in [7, 11) is 1.84. The third-order valence-electron chi connectivity index (χ3n) is 3.53. The summed E-state index contributed by atoms with van der Waals surface area (Å²) in [6, 6.07) is 9.48. The van der Waals surface area contributed by atoms with Crippen molar-refractivity contribution in [2.24, 2.45) is 5.92 Å². The van der Waals surface area contributed by atoms with Crippen LogP contribution in [0.25, 0.3) is 0 Å². The molecule has 1 aromatic carbocycles. The molecule has 0 aliphatic carbocycles. The van der Waals surface area contributed by atoms with E-state index in [1.165, 1.54) is 0 Å². The predicted octanol–water partition coefficient (Wildman–Crippen LogP) is 1.52. The van der Waals surface area contributed by atoms with Gasteiger partial charge < -0.3 is 10.2 Å². The lowest BCUT2D eigenvalue weighted by Gasteiger charge is -2.27. The summed E-state index contributed by atoms with van der Waals surface area (Å²) in [5.41, 5.74) is 1.70. The molecule has 1 aliphatic heterocycles. The van der Waals surface area contributed by atoms with Crippen LogP contribution in [0.15, 0.2) is 24.3 Å². The van der Waals surface area contributed by atoms with Crippen LogP contribution in [0.2, 0.25) is 0 Å². The van der Waals surface area contributed by atoms with Gasteiger partial charge in [0.2, 0.25) is 5.91 Å². The lowest BCUT2D eigenvalue weighted by molar-refractivity contribution is -0.135. The summed E-state index contributed by atoms with van der Waals surface area (Å²) < 4.78 is 0. The number of carbonyl (C=O) groups is 1. The van der Waals surface area contributed by atoms with Crippen LogP contribution < -0.4 is 5.32 Å². The summed E-state index contributed by atoms with van der Waals surface area (Å²) in [6.07, 6.45) is 2.05. The topological polar surface area (TPSA) is 56.1 Å². The van der Waals surface area contributed by atoms with Gasteiger partial charge in [-0.1, -0.05) is 12.1 Å². The maximum atomic E-state index is 12.3. The van der Waals surface area contributed by atoms with Crippen molar-refractivity contribution >= 4 is 5.91 Å². The third-order valence-corrected chi connectivity index (χ3v) is 3.53. The third kappa shape index (κ3) is 3.55. The second-order valence-corrected chi connectivity index (χ2v) is 5.05. The maximum absolute atomic E-state index is 12.3. The van der Waals surface area contributed by atoms with Gasteiger partial charge in [0, 0.05) is 20.1 Å². The normalized spacial score (nSPS) is 18.6. The van der Waals surface area contributed by atoms with Crippen molar-refractivity contribution in [1.82, 2.24) is 10.2 Å². The molecule has 2 rings (SSSR count). The number of amides is 1. The molecule has 19 heavy (non-hydrogen) atoms. The molecule has 1 aliphatic rings. The van der Waals surface area contributed by atoms with E-state index in [9.17, 15) is 4.79 Å². The second kappa shape index (κ2) is 6.35. The van der Waals surface area contributed by atoms with Crippen molar-refractivity contribution in [3.8, 4) is 6.07 Å². The molecular weight excluding hydrogens is 238 g/mol. The van der Waals surface area contributed by atoms with E-state index in [1.807, 2.05) is 19.2 Å². The fourth-order valence-corrected chi connectivity index (χ4v) is 2.41. The molecule has 0 aromatic heterocycles. The molecule has 0 bridgehead atoms. The van der Waals surface area contributed by atoms with Crippen molar-refractivity contribution in [3.63, 3.8) is 0 Å². The molecule has 0 saturated carbocycles. The van der Waals surface area contributed by atoms with Crippen LogP contribution in [-0.4, -0.2) is 30.9 Å². The number of benzene rings is 1. The van der Waals surface area contributed by atoms with Crippen LogP contribution >= 0.6 is 0 Å². The second-order valence-electron chi connectivity index (χ2n) is 5.05. The first-order valence-corrected chi connectivity index (χ1v) is 6.65. The molecule has 0 unspecified atom stereocenters. The molecule has 4 nitrogen and oxygen atoms in total. The Morgan fingerprint density at radius 1 is 1.47 bits per heavy atom. The van der Waals surface area contributed by atoms with Crippen molar-refractivity contribution in [2.75, 3.05) is 20.1 Å². The van der Waals surface area contributed by atoms with Gasteiger partial charge in [0.05, 0.1) is 17.6 Å². The Bertz CT molecular complexity index is 469. The Morgan fingerprint density at radius 2 is 2.21 bits per heavy atom. The summed E-state index contributed by atoms with van der Waals surface area (Å²) in [6.45, 7) is 2.40. The molecule has 1 amide bonds. The molecular formula is C15H19N3O. The van der Waals surface area contributed by atoms with Crippen LogP contribution in [0.4, 0.5) is 0 Å². The number of nitriles is 1. The number of carbonyl (C=O) groups excluding carboxylic acids is 1. The molecule has 100 valence electrons. The van der Waals surface area contributed by atoms with E-state index in [0.717, 1.165) is 31.5 Å². The summed E-state index contributed by atoms with van der Waals surface area (Å²) in [5.74, 6) is 0.314. The predicted molar refractivity (Wildman–Crippen MR) is 73.2 cm³/mol. The van der Waals surface area contributed by atoms with Gasteiger partial charge in [-0.15, -0.1) is 0 Å². The Morgan fingerprint density at radius 3 is 2.79 bits per heavy atom. The van der Waals surface area contributed by atoms with Gasteiger partial charge >= 0.3 is 0 Å². The SMILES string of the molecule is CN(Cc1ccc(C#N)cc1)C(=O)[C@@H]1CCCNC1. The molecule has 1 atom stereocenters. The van der Waals surface area contributed by atoms with Gasteiger partial charge in [0.1, 0.15) is 0 Å². The van der Waals surface area contributed by atoms with Crippen LogP contribution in [0.1, 0.15) is 24.0 Å². The quantitative estimate of drug-likeness (QED) is 0.893. The largest absolute Gasteiger partial charge is 0.341 e. The zero-order chi connectivity index (χ0) is 13.7. The highest BCUT2D eigenvalue weighted by Crippen LogP contribution is 2.14. The minimum Gasteiger partial charge on any atom is -0.341 e. The number of hydrogen-bond acceptors (Lipinski definition) is 3. The number of rotatable bonds is 3. The first kappa shape index (κ1) is 13.6. The minimum atomic E-state index is 0.108. The van der Waals surface area contributed by atoms with Gasteiger partial charge in [-0.2, -0.15) is 5.26 Å². The first-order valence-electron chi connectivity index (χ1n) is 6.65. The van der Waals surface area contributed by atoms with Crippen LogP contribution in [-0.2, 0) is 11.3 Å². The fraction of sp³-hybridized carbons (Fsp3) is 0.467. The van der Waals surface area contributed by atoms with Crippen molar-refractivity contribution in [3.05, 3.63) is 35.4 Å². The van der Waals surface area contributed by atoms with Gasteiger partial charge in [-0.3, -0.25) is 4.79 Å². The zero-order valence-electron chi connectivity index (χ0n) is 11.2. The van der Waals surface area contributed by atoms with E-state index in [4.69, 9.17) is 5.26 Å². The minimum absolute atomic E-state index is 0.108. The van der Waals surface area contributed by atoms with Gasteiger partial charge in [-0.05, 0) is 37.1 Å². The Labute approximate surface area is 114 Å². The lowest BCUT2D eigenvalue weighted by Crippen LogP contribution is -2.41. The molecule has 1 fully saturated rings. The van der Waals surface area contributed by atoms with Crippen molar-refractivity contribution in [1.29, 1.82) is 5.26 Å². The smallest absolute Gasteiger partial charge is 0.227 e. The van der Waals surface area contributed by atoms with E-state index < -0.39 is 0 Å². The highest BCUT2D eigenvalue weighted by molar-refractivity contribution is 5.78. The molecule has 1 saturated heterocycles. The van der Waals surface area contributed by atoms with Crippen LogP contribution in [0.5, 0.6) is 0 Å². The first-order chi connectivity index (χ1) is 9.20. The monoisotopic (exact) mass is 257 g/mol. The lowest BCUT2D eigenvalue weighted by atomic mass is 9.98. The highest BCUT2D eigenvalue weighted by atomic mass is 16.2. The molecule has 0 spiro atoms. The van der Waals surface area contributed by atoms with Gasteiger partial charge in [0.25, 0.3) is 0 Å². The van der Waals surface area contributed by atoms with E-state index >= 15 is 0 Å². The molecule has 0 radical (unpaired) electrons.